The van der Waals surface area contributed by atoms with Crippen molar-refractivity contribution >= 4 is 5.69 Å². The smallest absolute Gasteiger partial charge is 0.270 e. The Labute approximate surface area is 126 Å². The Morgan fingerprint density at radius 2 is 2.05 bits per heavy atom. The van der Waals surface area contributed by atoms with E-state index in [-0.39, 0.29) is 10.6 Å². The van der Waals surface area contributed by atoms with Crippen LogP contribution in [0.5, 0.6) is 5.75 Å². The van der Waals surface area contributed by atoms with Crippen LogP contribution in [0.25, 0.3) is 0 Å². The summed E-state index contributed by atoms with van der Waals surface area (Å²) < 4.78 is 5.79. The van der Waals surface area contributed by atoms with Crippen molar-refractivity contribution in [3.8, 4) is 5.75 Å². The van der Waals surface area contributed by atoms with Crippen LogP contribution in [-0.2, 0) is 6.54 Å². The summed E-state index contributed by atoms with van der Waals surface area (Å²) in [6.45, 7) is 7.49. The molecule has 21 heavy (non-hydrogen) atoms. The van der Waals surface area contributed by atoms with Crippen molar-refractivity contribution in [3.05, 3.63) is 33.9 Å². The number of unbranched alkanes of at least 4 members (excludes halogenated alkanes) is 3. The maximum Gasteiger partial charge on any atom is 0.270 e. The molecule has 0 aliphatic rings. The Kier molecular flexibility index (Phi) is 7.75. The molecule has 0 spiro atoms. The Hall–Kier alpha value is -1.62. The van der Waals surface area contributed by atoms with E-state index in [1.165, 1.54) is 18.9 Å². The van der Waals surface area contributed by atoms with Crippen LogP contribution in [0.4, 0.5) is 5.69 Å². The second kappa shape index (κ2) is 9.34. The van der Waals surface area contributed by atoms with Crippen molar-refractivity contribution in [1.29, 1.82) is 0 Å². The summed E-state index contributed by atoms with van der Waals surface area (Å²) in [5.41, 5.74) is 0.947. The number of rotatable bonds is 10. The lowest BCUT2D eigenvalue weighted by atomic mass is 10.1. The van der Waals surface area contributed by atoms with Gasteiger partial charge in [-0.3, -0.25) is 10.1 Å². The van der Waals surface area contributed by atoms with Gasteiger partial charge in [-0.15, -0.1) is 0 Å². The lowest BCUT2D eigenvalue weighted by Gasteiger charge is -2.13. The molecule has 0 radical (unpaired) electrons. The van der Waals surface area contributed by atoms with Gasteiger partial charge in [-0.05, 0) is 12.5 Å². The first kappa shape index (κ1) is 17.4. The highest BCUT2D eigenvalue weighted by Gasteiger charge is 2.12. The number of nitrogens with one attached hydrogen (secondary N) is 1. The fourth-order valence-electron chi connectivity index (χ4n) is 1.98. The zero-order valence-corrected chi connectivity index (χ0v) is 13.2. The Bertz CT molecular complexity index is 447. The zero-order chi connectivity index (χ0) is 15.7. The van der Waals surface area contributed by atoms with Crippen LogP contribution in [0.3, 0.4) is 0 Å². The molecule has 0 unspecified atom stereocenters. The first-order chi connectivity index (χ1) is 10.0. The average Bonchev–Trinajstić information content (AvgIpc) is 2.45. The summed E-state index contributed by atoms with van der Waals surface area (Å²) in [6, 6.07) is 5.12. The van der Waals surface area contributed by atoms with Crippen molar-refractivity contribution in [3.63, 3.8) is 0 Å². The minimum atomic E-state index is -0.371. The number of benzene rings is 1. The van der Waals surface area contributed by atoms with Gasteiger partial charge in [0.15, 0.2) is 0 Å². The third kappa shape index (κ3) is 6.58. The largest absolute Gasteiger partial charge is 0.493 e. The van der Waals surface area contributed by atoms with Crippen LogP contribution in [0.1, 0.15) is 52.0 Å². The molecule has 0 saturated carbocycles. The van der Waals surface area contributed by atoms with Crippen LogP contribution in [0.2, 0.25) is 0 Å². The molecule has 5 heteroatoms. The van der Waals surface area contributed by atoms with Gasteiger partial charge in [0.05, 0.1) is 11.5 Å². The highest BCUT2D eigenvalue weighted by molar-refractivity contribution is 5.43. The first-order valence-electron chi connectivity index (χ1n) is 7.68. The molecule has 0 amide bonds. The fraction of sp³-hybridized carbons (Fsp3) is 0.625. The van der Waals surface area contributed by atoms with Gasteiger partial charge in [0.2, 0.25) is 0 Å². The van der Waals surface area contributed by atoms with Gasteiger partial charge in [0, 0.05) is 30.3 Å². The molecule has 118 valence electrons. The molecule has 1 N–H and O–H groups in total. The van der Waals surface area contributed by atoms with E-state index in [1.54, 1.807) is 12.1 Å². The summed E-state index contributed by atoms with van der Waals surface area (Å²) in [5.74, 6) is 0.741. The number of hydrogen-bond acceptors (Lipinski definition) is 4. The summed E-state index contributed by atoms with van der Waals surface area (Å²) in [7, 11) is 0. The van der Waals surface area contributed by atoms with Gasteiger partial charge in [-0.25, -0.2) is 0 Å². The van der Waals surface area contributed by atoms with E-state index in [1.807, 2.05) is 13.8 Å². The maximum absolute atomic E-state index is 10.9. The van der Waals surface area contributed by atoms with E-state index >= 15 is 0 Å². The van der Waals surface area contributed by atoms with Crippen LogP contribution in [-0.4, -0.2) is 17.6 Å². The Morgan fingerprint density at radius 1 is 1.29 bits per heavy atom. The highest BCUT2D eigenvalue weighted by atomic mass is 16.6. The fourth-order valence-corrected chi connectivity index (χ4v) is 1.98. The number of hydrogen-bond donors (Lipinski definition) is 1. The molecule has 0 bridgehead atoms. The third-order valence-electron chi connectivity index (χ3n) is 3.21. The summed E-state index contributed by atoms with van der Waals surface area (Å²) in [6.07, 6.45) is 4.58. The molecule has 1 aromatic carbocycles. The van der Waals surface area contributed by atoms with Gasteiger partial charge in [0.1, 0.15) is 5.75 Å². The predicted molar refractivity (Wildman–Crippen MR) is 84.7 cm³/mol. The molecular formula is C16H26N2O3. The molecule has 0 saturated heterocycles. The second-order valence-corrected chi connectivity index (χ2v) is 5.49. The molecule has 1 aromatic rings. The number of nitro benzene ring substituents is 1. The van der Waals surface area contributed by atoms with E-state index in [9.17, 15) is 10.1 Å². The molecule has 5 nitrogen and oxygen atoms in total. The van der Waals surface area contributed by atoms with Gasteiger partial charge >= 0.3 is 0 Å². The minimum absolute atomic E-state index is 0.105. The molecule has 0 fully saturated rings. The third-order valence-corrected chi connectivity index (χ3v) is 3.21. The normalized spacial score (nSPS) is 10.9. The van der Waals surface area contributed by atoms with Crippen LogP contribution >= 0.6 is 0 Å². The number of non-ortho nitro benzene ring substituents is 1. The molecular weight excluding hydrogens is 268 g/mol. The molecule has 0 aliphatic heterocycles. The molecule has 0 aliphatic carbocycles. The zero-order valence-electron chi connectivity index (χ0n) is 13.2. The second-order valence-electron chi connectivity index (χ2n) is 5.49. The molecule has 0 aromatic heterocycles. The summed E-state index contributed by atoms with van der Waals surface area (Å²) in [4.78, 5) is 10.5. The standard InChI is InChI=1S/C16H26N2O3/c1-4-5-6-7-10-21-16-9-8-15(18(19)20)11-14(16)12-17-13(2)3/h8-9,11,13,17H,4-7,10,12H2,1-3H3. The first-order valence-corrected chi connectivity index (χ1v) is 7.68. The van der Waals surface area contributed by atoms with Crippen molar-refractivity contribution in [2.75, 3.05) is 6.61 Å². The monoisotopic (exact) mass is 294 g/mol. The van der Waals surface area contributed by atoms with E-state index in [0.717, 1.165) is 24.2 Å². The SMILES string of the molecule is CCCCCCOc1ccc([N+](=O)[O-])cc1CNC(C)C. The van der Waals surface area contributed by atoms with Gasteiger partial charge in [-0.2, -0.15) is 0 Å². The summed E-state index contributed by atoms with van der Waals surface area (Å²) in [5, 5.41) is 14.2. The number of nitro groups is 1. The van der Waals surface area contributed by atoms with E-state index in [4.69, 9.17) is 4.74 Å². The maximum atomic E-state index is 10.9. The quantitative estimate of drug-likeness (QED) is 0.401. The van der Waals surface area contributed by atoms with Crippen molar-refractivity contribution < 1.29 is 9.66 Å². The van der Waals surface area contributed by atoms with Crippen molar-refractivity contribution in [1.82, 2.24) is 5.32 Å². The van der Waals surface area contributed by atoms with E-state index in [0.29, 0.717) is 19.2 Å². The van der Waals surface area contributed by atoms with Crippen molar-refractivity contribution in [2.45, 2.75) is 59.0 Å². The lowest BCUT2D eigenvalue weighted by Crippen LogP contribution is -2.22. The van der Waals surface area contributed by atoms with Crippen LogP contribution < -0.4 is 10.1 Å². The summed E-state index contributed by atoms with van der Waals surface area (Å²) >= 11 is 0. The molecule has 0 heterocycles. The number of ether oxygens (including phenoxy) is 1. The highest BCUT2D eigenvalue weighted by Crippen LogP contribution is 2.24. The van der Waals surface area contributed by atoms with Gasteiger partial charge in [0.25, 0.3) is 5.69 Å². The predicted octanol–water partition coefficient (Wildman–Crippen LogP) is 4.05. The van der Waals surface area contributed by atoms with Gasteiger partial charge < -0.3 is 10.1 Å². The van der Waals surface area contributed by atoms with Crippen molar-refractivity contribution in [2.24, 2.45) is 0 Å². The minimum Gasteiger partial charge on any atom is -0.493 e. The van der Waals surface area contributed by atoms with E-state index < -0.39 is 0 Å². The molecule has 0 atom stereocenters. The number of nitrogens with zero attached hydrogens (tertiary/aromatic N) is 1. The lowest BCUT2D eigenvalue weighted by molar-refractivity contribution is -0.384. The Balaban J connectivity index is 2.68. The Morgan fingerprint density at radius 3 is 2.67 bits per heavy atom. The molecule has 1 rings (SSSR count). The van der Waals surface area contributed by atoms with E-state index in [2.05, 4.69) is 12.2 Å². The van der Waals surface area contributed by atoms with Crippen LogP contribution in [0, 0.1) is 10.1 Å². The van der Waals surface area contributed by atoms with Gasteiger partial charge in [-0.1, -0.05) is 40.0 Å². The van der Waals surface area contributed by atoms with Crippen LogP contribution in [0.15, 0.2) is 18.2 Å². The average molecular weight is 294 g/mol. The topological polar surface area (TPSA) is 64.4 Å².